The number of aliphatic hydroxyl groups is 1. The van der Waals surface area contributed by atoms with Crippen LogP contribution in [-0.4, -0.2) is 52.6 Å². The largest absolute Gasteiger partial charge is 0.461 e. The molecule has 0 saturated carbocycles. The Morgan fingerprint density at radius 3 is 2.95 bits per heavy atom. The zero-order valence-electron chi connectivity index (χ0n) is 12.5. The minimum atomic E-state index is 0.189. The van der Waals surface area contributed by atoms with Gasteiger partial charge < -0.3 is 18.8 Å². The van der Waals surface area contributed by atoms with Crippen LogP contribution in [-0.2, 0) is 11.3 Å². The zero-order valence-corrected chi connectivity index (χ0v) is 12.5. The highest BCUT2D eigenvalue weighted by Crippen LogP contribution is 2.19. The van der Waals surface area contributed by atoms with Gasteiger partial charge in [0.05, 0.1) is 18.9 Å². The molecule has 2 aromatic rings. The fourth-order valence-electron chi connectivity index (χ4n) is 2.56. The minimum absolute atomic E-state index is 0.189. The molecule has 2 aromatic heterocycles. The highest BCUT2D eigenvalue weighted by Gasteiger charge is 2.21. The number of nitrogens with zero attached hydrogens (tertiary/aromatic N) is 3. The Morgan fingerprint density at radius 1 is 1.36 bits per heavy atom. The topological polar surface area (TPSA) is 84.8 Å². The number of aliphatic hydroxyl groups excluding tert-OH is 1. The summed E-state index contributed by atoms with van der Waals surface area (Å²) in [6.07, 6.45) is 4.57. The van der Waals surface area contributed by atoms with Crippen LogP contribution in [0.3, 0.4) is 0 Å². The first kappa shape index (κ1) is 15.2. The quantitative estimate of drug-likeness (QED) is 0.779. The van der Waals surface area contributed by atoms with Crippen LogP contribution in [0.1, 0.15) is 25.2 Å². The van der Waals surface area contributed by atoms with Crippen molar-refractivity contribution in [3.63, 3.8) is 0 Å². The van der Waals surface area contributed by atoms with E-state index in [1.165, 1.54) is 0 Å². The van der Waals surface area contributed by atoms with Crippen molar-refractivity contribution < 1.29 is 18.8 Å². The smallest absolute Gasteiger partial charge is 0.241 e. The molecule has 7 nitrogen and oxygen atoms in total. The van der Waals surface area contributed by atoms with Gasteiger partial charge in [0.15, 0.2) is 5.76 Å². The van der Waals surface area contributed by atoms with E-state index in [1.807, 2.05) is 6.07 Å². The average molecular weight is 307 g/mol. The van der Waals surface area contributed by atoms with E-state index < -0.39 is 0 Å². The molecule has 1 fully saturated rings. The van der Waals surface area contributed by atoms with Crippen LogP contribution in [0, 0.1) is 0 Å². The van der Waals surface area contributed by atoms with E-state index in [1.54, 1.807) is 12.3 Å². The van der Waals surface area contributed by atoms with Crippen LogP contribution in [0.15, 0.2) is 27.3 Å². The van der Waals surface area contributed by atoms with Crippen molar-refractivity contribution in [3.8, 4) is 11.6 Å². The highest BCUT2D eigenvalue weighted by atomic mass is 16.5. The lowest BCUT2D eigenvalue weighted by Gasteiger charge is -2.30. The molecule has 3 rings (SSSR count). The summed E-state index contributed by atoms with van der Waals surface area (Å²) in [6.45, 7) is 3.37. The second-order valence-electron chi connectivity index (χ2n) is 5.41. The highest BCUT2D eigenvalue weighted by molar-refractivity contribution is 5.44. The maximum atomic E-state index is 8.75. The average Bonchev–Trinajstić information content (AvgIpc) is 3.20. The second kappa shape index (κ2) is 7.53. The lowest BCUT2D eigenvalue weighted by Crippen LogP contribution is -2.36. The fraction of sp³-hybridized carbons (Fsp3) is 0.600. The number of hydrogen-bond acceptors (Lipinski definition) is 7. The number of hydrogen-bond donors (Lipinski definition) is 1. The van der Waals surface area contributed by atoms with Crippen molar-refractivity contribution in [2.45, 2.75) is 31.9 Å². The zero-order chi connectivity index (χ0) is 15.2. The summed E-state index contributed by atoms with van der Waals surface area (Å²) in [5.41, 5.74) is 0. The third-order valence-corrected chi connectivity index (χ3v) is 3.76. The SMILES string of the molecule is OCCCOC1CCN(Cc2nc(-c3ccco3)no2)CC1. The van der Waals surface area contributed by atoms with E-state index in [4.69, 9.17) is 18.8 Å². The lowest BCUT2D eigenvalue weighted by molar-refractivity contribution is -0.000876. The number of rotatable bonds is 7. The van der Waals surface area contributed by atoms with Gasteiger partial charge in [-0.25, -0.2) is 0 Å². The van der Waals surface area contributed by atoms with Gasteiger partial charge in [-0.2, -0.15) is 4.98 Å². The number of likely N-dealkylation sites (tertiary alicyclic amines) is 1. The molecule has 0 aromatic carbocycles. The summed E-state index contributed by atoms with van der Waals surface area (Å²) in [6, 6.07) is 3.61. The number of aromatic nitrogens is 2. The van der Waals surface area contributed by atoms with Gasteiger partial charge in [-0.05, 0) is 31.4 Å². The third-order valence-electron chi connectivity index (χ3n) is 3.76. The van der Waals surface area contributed by atoms with Gasteiger partial charge >= 0.3 is 0 Å². The van der Waals surface area contributed by atoms with E-state index in [-0.39, 0.29) is 6.61 Å². The molecule has 0 aliphatic carbocycles. The van der Waals surface area contributed by atoms with Gasteiger partial charge in [-0.1, -0.05) is 5.16 Å². The van der Waals surface area contributed by atoms with Gasteiger partial charge in [-0.15, -0.1) is 0 Å². The Bertz CT molecular complexity index is 547. The fourth-order valence-corrected chi connectivity index (χ4v) is 2.56. The van der Waals surface area contributed by atoms with Crippen LogP contribution in [0.4, 0.5) is 0 Å². The number of ether oxygens (including phenoxy) is 1. The van der Waals surface area contributed by atoms with E-state index >= 15 is 0 Å². The van der Waals surface area contributed by atoms with E-state index in [9.17, 15) is 0 Å². The minimum Gasteiger partial charge on any atom is -0.461 e. The van der Waals surface area contributed by atoms with Gasteiger partial charge in [0, 0.05) is 26.3 Å². The summed E-state index contributed by atoms with van der Waals surface area (Å²) < 4.78 is 16.3. The summed E-state index contributed by atoms with van der Waals surface area (Å²) in [5, 5.41) is 12.7. The summed E-state index contributed by atoms with van der Waals surface area (Å²) in [5.74, 6) is 1.71. The number of piperidine rings is 1. The Hall–Kier alpha value is -1.70. The van der Waals surface area contributed by atoms with Crippen molar-refractivity contribution in [2.75, 3.05) is 26.3 Å². The van der Waals surface area contributed by atoms with Crippen molar-refractivity contribution in [1.82, 2.24) is 15.0 Å². The molecule has 120 valence electrons. The van der Waals surface area contributed by atoms with E-state index in [0.717, 1.165) is 25.9 Å². The summed E-state index contributed by atoms with van der Waals surface area (Å²) >= 11 is 0. The van der Waals surface area contributed by atoms with Crippen molar-refractivity contribution in [1.29, 1.82) is 0 Å². The molecule has 1 saturated heterocycles. The first-order valence-corrected chi connectivity index (χ1v) is 7.66. The molecule has 22 heavy (non-hydrogen) atoms. The van der Waals surface area contributed by atoms with Crippen molar-refractivity contribution in [2.24, 2.45) is 0 Å². The molecule has 1 aliphatic heterocycles. The molecule has 1 aliphatic rings. The number of furan rings is 1. The molecular formula is C15H21N3O4. The molecule has 0 unspecified atom stereocenters. The first-order valence-electron chi connectivity index (χ1n) is 7.66. The molecule has 1 N–H and O–H groups in total. The van der Waals surface area contributed by atoms with E-state index in [0.29, 0.717) is 43.2 Å². The summed E-state index contributed by atoms with van der Waals surface area (Å²) in [4.78, 5) is 6.64. The van der Waals surface area contributed by atoms with Crippen LogP contribution in [0.25, 0.3) is 11.6 Å². The van der Waals surface area contributed by atoms with E-state index in [2.05, 4.69) is 15.0 Å². The predicted octanol–water partition coefficient (Wildman–Crippen LogP) is 1.69. The molecule has 0 atom stereocenters. The molecule has 0 spiro atoms. The molecule has 3 heterocycles. The summed E-state index contributed by atoms with van der Waals surface area (Å²) in [7, 11) is 0. The predicted molar refractivity (Wildman–Crippen MR) is 78.0 cm³/mol. The van der Waals surface area contributed by atoms with Crippen LogP contribution < -0.4 is 0 Å². The van der Waals surface area contributed by atoms with Gasteiger partial charge in [0.1, 0.15) is 0 Å². The van der Waals surface area contributed by atoms with Gasteiger partial charge in [0.25, 0.3) is 0 Å². The Morgan fingerprint density at radius 2 is 2.23 bits per heavy atom. The first-order chi connectivity index (χ1) is 10.8. The van der Waals surface area contributed by atoms with Gasteiger partial charge in [-0.3, -0.25) is 4.90 Å². The molecule has 0 amide bonds. The molecule has 7 heteroatoms. The molecule has 0 radical (unpaired) electrons. The Balaban J connectivity index is 1.45. The molecule has 0 bridgehead atoms. The normalized spacial score (nSPS) is 17.1. The molecular weight excluding hydrogens is 286 g/mol. The van der Waals surface area contributed by atoms with Crippen LogP contribution in [0.2, 0.25) is 0 Å². The lowest BCUT2D eigenvalue weighted by atomic mass is 10.1. The van der Waals surface area contributed by atoms with Crippen molar-refractivity contribution in [3.05, 3.63) is 24.3 Å². The van der Waals surface area contributed by atoms with Crippen molar-refractivity contribution >= 4 is 0 Å². The Labute approximate surface area is 128 Å². The Kier molecular flexibility index (Phi) is 5.20. The second-order valence-corrected chi connectivity index (χ2v) is 5.41. The third kappa shape index (κ3) is 3.94. The van der Waals surface area contributed by atoms with Crippen LogP contribution >= 0.6 is 0 Å². The maximum Gasteiger partial charge on any atom is 0.241 e. The monoisotopic (exact) mass is 307 g/mol. The van der Waals surface area contributed by atoms with Gasteiger partial charge in [0.2, 0.25) is 11.7 Å². The maximum absolute atomic E-state index is 8.75. The van der Waals surface area contributed by atoms with Crippen LogP contribution in [0.5, 0.6) is 0 Å². The standard InChI is InChI=1S/C15H21N3O4/c19-8-2-10-20-12-4-6-18(7-5-12)11-14-16-15(17-22-14)13-3-1-9-21-13/h1,3,9,12,19H,2,4-8,10-11H2.